The molecule has 0 aliphatic carbocycles. The van der Waals surface area contributed by atoms with Gasteiger partial charge in [0.2, 0.25) is 0 Å². The Morgan fingerprint density at radius 3 is 2.69 bits per heavy atom. The highest BCUT2D eigenvalue weighted by Crippen LogP contribution is 2.16. The second kappa shape index (κ2) is 5.67. The smallest absolute Gasteiger partial charge is 0.311 e. The molecule has 0 aromatic heterocycles. The number of carbonyl (C=O) groups excluding carboxylic acids is 1. The molecular weight excluding hydrogens is 202 g/mol. The third-order valence-electron chi connectivity index (χ3n) is 2.99. The highest BCUT2D eigenvalue weighted by atomic mass is 16.5. The maximum atomic E-state index is 11.5. The van der Waals surface area contributed by atoms with Gasteiger partial charge in [0, 0.05) is 13.1 Å². The summed E-state index contributed by atoms with van der Waals surface area (Å²) in [6, 6.07) is 0. The lowest BCUT2D eigenvalue weighted by molar-refractivity contribution is -0.153. The van der Waals surface area contributed by atoms with E-state index in [0.717, 1.165) is 25.6 Å². The quantitative estimate of drug-likeness (QED) is 0.693. The van der Waals surface area contributed by atoms with Gasteiger partial charge in [0.05, 0.1) is 5.41 Å². The standard InChI is InChI=1S/C13H25NO2/c1-11-6-5-7-14(10-11)8-9-16-12(15)13(2,3)4/h11H,5-10H2,1-4H3/t11-/m1/s1. The molecule has 0 spiro atoms. The Labute approximate surface area is 99.1 Å². The minimum absolute atomic E-state index is 0.0995. The fourth-order valence-electron chi connectivity index (χ4n) is 1.97. The molecule has 1 saturated heterocycles. The van der Waals surface area contributed by atoms with E-state index in [9.17, 15) is 4.79 Å². The van der Waals surface area contributed by atoms with Crippen molar-refractivity contribution in [1.29, 1.82) is 0 Å². The molecule has 1 heterocycles. The number of hydrogen-bond donors (Lipinski definition) is 0. The molecule has 94 valence electrons. The number of hydrogen-bond acceptors (Lipinski definition) is 3. The van der Waals surface area contributed by atoms with E-state index in [-0.39, 0.29) is 11.4 Å². The van der Waals surface area contributed by atoms with Gasteiger partial charge in [-0.2, -0.15) is 0 Å². The van der Waals surface area contributed by atoms with E-state index in [2.05, 4.69) is 11.8 Å². The van der Waals surface area contributed by atoms with Gasteiger partial charge in [-0.25, -0.2) is 0 Å². The van der Waals surface area contributed by atoms with Crippen molar-refractivity contribution in [3.63, 3.8) is 0 Å². The van der Waals surface area contributed by atoms with Gasteiger partial charge in [-0.05, 0) is 46.1 Å². The fourth-order valence-corrected chi connectivity index (χ4v) is 1.97. The number of rotatable bonds is 3. The van der Waals surface area contributed by atoms with Crippen molar-refractivity contribution in [2.24, 2.45) is 11.3 Å². The maximum Gasteiger partial charge on any atom is 0.311 e. The summed E-state index contributed by atoms with van der Waals surface area (Å²) in [6.07, 6.45) is 2.60. The molecule has 1 rings (SSSR count). The van der Waals surface area contributed by atoms with Gasteiger partial charge in [-0.1, -0.05) is 6.92 Å². The second-order valence-corrected chi connectivity index (χ2v) is 5.93. The average molecular weight is 227 g/mol. The number of piperidine rings is 1. The van der Waals surface area contributed by atoms with Crippen molar-refractivity contribution in [1.82, 2.24) is 4.90 Å². The van der Waals surface area contributed by atoms with Crippen LogP contribution in [-0.2, 0) is 9.53 Å². The molecule has 0 N–H and O–H groups in total. The molecule has 1 atom stereocenters. The molecule has 1 fully saturated rings. The van der Waals surface area contributed by atoms with Crippen LogP contribution < -0.4 is 0 Å². The van der Waals surface area contributed by atoms with Gasteiger partial charge in [0.1, 0.15) is 6.61 Å². The molecule has 3 nitrogen and oxygen atoms in total. The van der Waals surface area contributed by atoms with Crippen molar-refractivity contribution < 1.29 is 9.53 Å². The van der Waals surface area contributed by atoms with Gasteiger partial charge in [-0.15, -0.1) is 0 Å². The monoisotopic (exact) mass is 227 g/mol. The molecule has 0 bridgehead atoms. The second-order valence-electron chi connectivity index (χ2n) is 5.93. The van der Waals surface area contributed by atoms with Crippen molar-refractivity contribution in [3.05, 3.63) is 0 Å². The summed E-state index contributed by atoms with van der Waals surface area (Å²) in [5.41, 5.74) is -0.380. The normalized spacial score (nSPS) is 23.1. The number of nitrogens with zero attached hydrogens (tertiary/aromatic N) is 1. The van der Waals surface area contributed by atoms with Gasteiger partial charge in [-0.3, -0.25) is 9.69 Å². The molecular formula is C13H25NO2. The fraction of sp³-hybridized carbons (Fsp3) is 0.923. The van der Waals surface area contributed by atoms with Crippen molar-refractivity contribution in [2.75, 3.05) is 26.2 Å². The van der Waals surface area contributed by atoms with Crippen LogP contribution in [0.4, 0.5) is 0 Å². The topological polar surface area (TPSA) is 29.5 Å². The first-order valence-corrected chi connectivity index (χ1v) is 6.29. The summed E-state index contributed by atoms with van der Waals surface area (Å²) >= 11 is 0. The van der Waals surface area contributed by atoms with Crippen LogP contribution in [0.5, 0.6) is 0 Å². The summed E-state index contributed by atoms with van der Waals surface area (Å²) in [5, 5.41) is 0. The lowest BCUT2D eigenvalue weighted by Gasteiger charge is -2.30. The summed E-state index contributed by atoms with van der Waals surface area (Å²) in [4.78, 5) is 13.9. The molecule has 0 unspecified atom stereocenters. The molecule has 0 saturated carbocycles. The van der Waals surface area contributed by atoms with Crippen LogP contribution in [0.3, 0.4) is 0 Å². The van der Waals surface area contributed by atoms with E-state index in [0.29, 0.717) is 6.61 Å². The van der Waals surface area contributed by atoms with Crippen molar-refractivity contribution in [2.45, 2.75) is 40.5 Å². The summed E-state index contributed by atoms with van der Waals surface area (Å²) in [7, 11) is 0. The Balaban J connectivity index is 2.18. The minimum atomic E-state index is -0.380. The van der Waals surface area contributed by atoms with Crippen LogP contribution in [0.1, 0.15) is 40.5 Å². The van der Waals surface area contributed by atoms with Crippen LogP contribution in [0, 0.1) is 11.3 Å². The van der Waals surface area contributed by atoms with Gasteiger partial charge >= 0.3 is 5.97 Å². The Morgan fingerprint density at radius 1 is 1.44 bits per heavy atom. The summed E-state index contributed by atoms with van der Waals surface area (Å²) in [5.74, 6) is 0.685. The molecule has 16 heavy (non-hydrogen) atoms. The Kier molecular flexibility index (Phi) is 4.78. The zero-order valence-electron chi connectivity index (χ0n) is 11.1. The van der Waals surface area contributed by atoms with Gasteiger partial charge in [0.15, 0.2) is 0 Å². The molecule has 0 aromatic carbocycles. The van der Waals surface area contributed by atoms with E-state index in [1.54, 1.807) is 0 Å². The molecule has 0 amide bonds. The number of esters is 1. The third kappa shape index (κ3) is 4.52. The first-order chi connectivity index (χ1) is 7.39. The van der Waals surface area contributed by atoms with Crippen LogP contribution in [0.25, 0.3) is 0 Å². The van der Waals surface area contributed by atoms with E-state index in [1.807, 2.05) is 20.8 Å². The Bertz CT molecular complexity index is 233. The van der Waals surface area contributed by atoms with E-state index < -0.39 is 0 Å². The SMILES string of the molecule is C[C@@H]1CCCN(CCOC(=O)C(C)(C)C)C1. The predicted octanol–water partition coefficient (Wildman–Crippen LogP) is 2.31. The van der Waals surface area contributed by atoms with Crippen molar-refractivity contribution in [3.8, 4) is 0 Å². The average Bonchev–Trinajstić information content (AvgIpc) is 2.16. The summed E-state index contributed by atoms with van der Waals surface area (Å²) in [6.45, 7) is 11.7. The zero-order chi connectivity index (χ0) is 12.2. The molecule has 0 aromatic rings. The highest BCUT2D eigenvalue weighted by Gasteiger charge is 2.23. The number of carbonyl (C=O) groups is 1. The highest BCUT2D eigenvalue weighted by molar-refractivity contribution is 5.75. The predicted molar refractivity (Wildman–Crippen MR) is 65.3 cm³/mol. The van der Waals surface area contributed by atoms with Crippen LogP contribution in [-0.4, -0.2) is 37.1 Å². The van der Waals surface area contributed by atoms with E-state index in [4.69, 9.17) is 4.74 Å². The maximum absolute atomic E-state index is 11.5. The van der Waals surface area contributed by atoms with E-state index >= 15 is 0 Å². The molecule has 0 radical (unpaired) electrons. The largest absolute Gasteiger partial charge is 0.464 e. The summed E-state index contributed by atoms with van der Waals surface area (Å²) < 4.78 is 5.26. The van der Waals surface area contributed by atoms with Crippen LogP contribution in [0.2, 0.25) is 0 Å². The van der Waals surface area contributed by atoms with Crippen LogP contribution in [0.15, 0.2) is 0 Å². The molecule has 3 heteroatoms. The number of ether oxygens (including phenoxy) is 1. The van der Waals surface area contributed by atoms with Crippen molar-refractivity contribution >= 4 is 5.97 Å². The third-order valence-corrected chi connectivity index (χ3v) is 2.99. The zero-order valence-corrected chi connectivity index (χ0v) is 11.1. The Morgan fingerprint density at radius 2 is 2.12 bits per heavy atom. The first-order valence-electron chi connectivity index (χ1n) is 6.29. The number of likely N-dealkylation sites (tertiary alicyclic amines) is 1. The van der Waals surface area contributed by atoms with E-state index in [1.165, 1.54) is 12.8 Å². The van der Waals surface area contributed by atoms with Gasteiger partial charge in [0.25, 0.3) is 0 Å². The molecule has 1 aliphatic heterocycles. The van der Waals surface area contributed by atoms with Gasteiger partial charge < -0.3 is 4.74 Å². The lowest BCUT2D eigenvalue weighted by atomic mass is 9.97. The minimum Gasteiger partial charge on any atom is -0.464 e. The Hall–Kier alpha value is -0.570. The first kappa shape index (κ1) is 13.5. The van der Waals surface area contributed by atoms with Crippen LogP contribution >= 0.6 is 0 Å². The lowest BCUT2D eigenvalue weighted by Crippen LogP contribution is -2.37. The molecule has 1 aliphatic rings.